The summed E-state index contributed by atoms with van der Waals surface area (Å²) < 4.78 is 0.996. The van der Waals surface area contributed by atoms with Gasteiger partial charge < -0.3 is 5.32 Å². The summed E-state index contributed by atoms with van der Waals surface area (Å²) in [5.74, 6) is -0.256. The molecule has 13 heavy (non-hydrogen) atoms. The number of halogens is 1. The molecule has 0 unspecified atom stereocenters. The van der Waals surface area contributed by atoms with Gasteiger partial charge in [0.2, 0.25) is 0 Å². The van der Waals surface area contributed by atoms with Crippen molar-refractivity contribution in [2.45, 2.75) is 6.29 Å². The number of rotatable bonds is 2. The minimum Gasteiger partial charge on any atom is -0.324 e. The predicted molar refractivity (Wildman–Crippen MR) is 58.8 cm³/mol. The number of benzene rings is 1. The minimum atomic E-state index is -0.814. The molecule has 0 saturated carbocycles. The third kappa shape index (κ3) is 3.29. The Morgan fingerprint density at radius 2 is 2.15 bits per heavy atom. The minimum absolute atomic E-state index is 0.256. The highest BCUT2D eigenvalue weighted by molar-refractivity contribution is 14.1. The molecule has 0 saturated heterocycles. The molecule has 1 amide bonds. The standard InChI is InChI=1S/C8H10IN3O/c9-6-3-1-2-5(4-6)7(13)12-8(10)11/h1-4,8H,10-11H2,(H,12,13)/i9-4. The number of nitrogens with one attached hydrogen (secondary N) is 1. The Kier molecular flexibility index (Phi) is 3.64. The zero-order chi connectivity index (χ0) is 9.84. The molecule has 0 bridgehead atoms. The zero-order valence-corrected chi connectivity index (χ0v) is 8.99. The Hall–Kier alpha value is -0.660. The highest BCUT2D eigenvalue weighted by Gasteiger charge is 2.06. The molecule has 1 rings (SSSR count). The molecule has 0 spiro atoms. The van der Waals surface area contributed by atoms with Crippen LogP contribution in [0.2, 0.25) is 0 Å². The summed E-state index contributed by atoms with van der Waals surface area (Å²) in [7, 11) is 0. The molecule has 0 aromatic heterocycles. The molecule has 70 valence electrons. The molecule has 0 fully saturated rings. The Morgan fingerprint density at radius 1 is 1.46 bits per heavy atom. The van der Waals surface area contributed by atoms with Gasteiger partial charge in [0.05, 0.1) is 0 Å². The van der Waals surface area contributed by atoms with E-state index < -0.39 is 6.29 Å². The van der Waals surface area contributed by atoms with Crippen molar-refractivity contribution in [3.8, 4) is 0 Å². The molecule has 1 aromatic carbocycles. The normalized spacial score (nSPS) is 10.2. The molecule has 0 aliphatic carbocycles. The van der Waals surface area contributed by atoms with E-state index in [1.54, 1.807) is 18.2 Å². The van der Waals surface area contributed by atoms with Crippen LogP contribution in [0.3, 0.4) is 0 Å². The maximum atomic E-state index is 11.3. The van der Waals surface area contributed by atoms with Gasteiger partial charge >= 0.3 is 0 Å². The lowest BCUT2D eigenvalue weighted by molar-refractivity contribution is 0.0939. The van der Waals surface area contributed by atoms with Crippen molar-refractivity contribution in [2.75, 3.05) is 0 Å². The number of carbonyl (C=O) groups excluding carboxylic acids is 1. The van der Waals surface area contributed by atoms with Crippen molar-refractivity contribution in [3.05, 3.63) is 33.4 Å². The van der Waals surface area contributed by atoms with Crippen LogP contribution in [0, 0.1) is 3.57 Å². The number of hydrogen-bond donors (Lipinski definition) is 3. The monoisotopic (exact) mass is 287 g/mol. The first-order valence-corrected chi connectivity index (χ1v) is 4.75. The van der Waals surface area contributed by atoms with E-state index in [2.05, 4.69) is 27.9 Å². The van der Waals surface area contributed by atoms with Crippen LogP contribution in [-0.2, 0) is 0 Å². The largest absolute Gasteiger partial charge is 0.324 e. The van der Waals surface area contributed by atoms with Crippen LogP contribution in [0.5, 0.6) is 0 Å². The first kappa shape index (κ1) is 10.4. The van der Waals surface area contributed by atoms with Crippen LogP contribution in [0.25, 0.3) is 0 Å². The molecule has 0 atom stereocenters. The van der Waals surface area contributed by atoms with Crippen molar-refractivity contribution < 1.29 is 4.79 Å². The third-order valence-corrected chi connectivity index (χ3v) is 2.06. The molecule has 1 aromatic rings. The SMILES string of the molecule is NC(N)NC(=O)c1cccc([123I])c1. The Morgan fingerprint density at radius 3 is 2.69 bits per heavy atom. The van der Waals surface area contributed by atoms with Gasteiger partial charge in [0, 0.05) is 9.13 Å². The maximum Gasteiger partial charge on any atom is 0.253 e. The van der Waals surface area contributed by atoms with Crippen molar-refractivity contribution >= 4 is 28.5 Å². The van der Waals surface area contributed by atoms with E-state index in [1.807, 2.05) is 6.07 Å². The summed E-state index contributed by atoms with van der Waals surface area (Å²) in [4.78, 5) is 11.3. The lowest BCUT2D eigenvalue weighted by Gasteiger charge is -2.07. The summed E-state index contributed by atoms with van der Waals surface area (Å²) >= 11 is 2.13. The molecule has 0 radical (unpaired) electrons. The van der Waals surface area contributed by atoms with Gasteiger partial charge in [-0.25, -0.2) is 0 Å². The summed E-state index contributed by atoms with van der Waals surface area (Å²) in [6.45, 7) is 0. The van der Waals surface area contributed by atoms with Crippen LogP contribution in [0.4, 0.5) is 0 Å². The van der Waals surface area contributed by atoms with Gasteiger partial charge in [-0.1, -0.05) is 6.07 Å². The quantitative estimate of drug-likeness (QED) is 0.537. The maximum absolute atomic E-state index is 11.3. The lowest BCUT2D eigenvalue weighted by Crippen LogP contribution is -2.48. The van der Waals surface area contributed by atoms with E-state index >= 15 is 0 Å². The van der Waals surface area contributed by atoms with Crippen LogP contribution >= 0.6 is 22.6 Å². The highest BCUT2D eigenvalue weighted by Crippen LogP contribution is 2.07. The van der Waals surface area contributed by atoms with Crippen molar-refractivity contribution in [3.63, 3.8) is 0 Å². The lowest BCUT2D eigenvalue weighted by atomic mass is 10.2. The smallest absolute Gasteiger partial charge is 0.253 e. The summed E-state index contributed by atoms with van der Waals surface area (Å²) in [6.07, 6.45) is -0.814. The van der Waals surface area contributed by atoms with E-state index in [0.29, 0.717) is 5.56 Å². The topological polar surface area (TPSA) is 81.1 Å². The number of nitrogens with two attached hydrogens (primary N) is 2. The summed E-state index contributed by atoms with van der Waals surface area (Å²) in [5.41, 5.74) is 11.0. The fourth-order valence-corrected chi connectivity index (χ4v) is 1.41. The second-order valence-corrected chi connectivity index (χ2v) is 3.76. The molecule has 5 heteroatoms. The fraction of sp³-hybridized carbons (Fsp3) is 0.125. The zero-order valence-electron chi connectivity index (χ0n) is 6.83. The Balaban J connectivity index is 2.77. The second kappa shape index (κ2) is 4.54. The molecular formula is C8H10IN3O. The number of carbonyl (C=O) groups is 1. The van der Waals surface area contributed by atoms with Gasteiger partial charge in [-0.15, -0.1) is 0 Å². The van der Waals surface area contributed by atoms with Crippen molar-refractivity contribution in [1.29, 1.82) is 0 Å². The van der Waals surface area contributed by atoms with Gasteiger partial charge in [0.15, 0.2) is 0 Å². The van der Waals surface area contributed by atoms with Gasteiger partial charge in [-0.3, -0.25) is 16.3 Å². The molecule has 0 aliphatic heterocycles. The fourth-order valence-electron chi connectivity index (χ4n) is 0.864. The van der Waals surface area contributed by atoms with Crippen LogP contribution in [0.1, 0.15) is 10.4 Å². The van der Waals surface area contributed by atoms with Crippen LogP contribution in [-0.4, -0.2) is 12.2 Å². The first-order chi connectivity index (χ1) is 6.09. The van der Waals surface area contributed by atoms with E-state index in [4.69, 9.17) is 11.5 Å². The van der Waals surface area contributed by atoms with Gasteiger partial charge in [-0.2, -0.15) is 0 Å². The molecule has 5 N–H and O–H groups in total. The van der Waals surface area contributed by atoms with Crippen LogP contribution in [0.15, 0.2) is 24.3 Å². The third-order valence-electron chi connectivity index (χ3n) is 1.38. The molecule has 4 nitrogen and oxygen atoms in total. The summed E-state index contributed by atoms with van der Waals surface area (Å²) in [5, 5.41) is 2.40. The molecule has 0 heterocycles. The van der Waals surface area contributed by atoms with E-state index in [-0.39, 0.29) is 5.91 Å². The average Bonchev–Trinajstić information content (AvgIpc) is 2.03. The number of amides is 1. The van der Waals surface area contributed by atoms with Gasteiger partial charge in [0.1, 0.15) is 6.29 Å². The molecular weight excluding hydrogens is 277 g/mol. The second-order valence-electron chi connectivity index (χ2n) is 2.51. The highest BCUT2D eigenvalue weighted by atomic mass is 123. The predicted octanol–water partition coefficient (Wildman–Crippen LogP) is 0.222. The van der Waals surface area contributed by atoms with Crippen molar-refractivity contribution in [2.24, 2.45) is 11.5 Å². The van der Waals surface area contributed by atoms with Gasteiger partial charge in [0.25, 0.3) is 5.91 Å². The van der Waals surface area contributed by atoms with Gasteiger partial charge in [-0.05, 0) is 40.8 Å². The summed E-state index contributed by atoms with van der Waals surface area (Å²) in [6, 6.07) is 7.18. The Bertz CT molecular complexity index is 314. The Labute approximate surface area is 89.8 Å². The van der Waals surface area contributed by atoms with Crippen molar-refractivity contribution in [1.82, 2.24) is 5.32 Å². The van der Waals surface area contributed by atoms with E-state index in [1.165, 1.54) is 0 Å². The first-order valence-electron chi connectivity index (χ1n) is 3.67. The number of hydrogen-bond acceptors (Lipinski definition) is 3. The van der Waals surface area contributed by atoms with Crippen LogP contribution < -0.4 is 16.8 Å². The van der Waals surface area contributed by atoms with E-state index in [0.717, 1.165) is 3.57 Å². The van der Waals surface area contributed by atoms with E-state index in [9.17, 15) is 4.79 Å². The molecule has 0 aliphatic rings. The average molecular weight is 287 g/mol.